The number of rotatable bonds is 16. The van der Waals surface area contributed by atoms with Gasteiger partial charge in [0, 0.05) is 35.9 Å². The Kier molecular flexibility index (Phi) is 13.6. The van der Waals surface area contributed by atoms with E-state index in [1.54, 1.807) is 43.3 Å². The SMILES string of the molecule is CC[C@H](C)[C@H](NC(=O)[C@H](Cc1cnc[nH]1)NC(=O)[C@H](Cc1ccccc1)NC(=O)OCc1ccccc1)C(=O)NC(=O)c1cccc(C(N)=O)c1. The van der Waals surface area contributed by atoms with Gasteiger partial charge < -0.3 is 31.4 Å². The molecule has 0 aliphatic carbocycles. The normalized spacial score (nSPS) is 13.1. The van der Waals surface area contributed by atoms with E-state index >= 15 is 0 Å². The van der Waals surface area contributed by atoms with Crippen LogP contribution in [0.15, 0.2) is 97.5 Å². The zero-order chi connectivity index (χ0) is 36.8. The lowest BCUT2D eigenvalue weighted by Crippen LogP contribution is -2.59. The molecular formula is C37H41N7O7. The molecule has 1 heterocycles. The largest absolute Gasteiger partial charge is 0.445 e. The minimum atomic E-state index is -1.24. The number of nitrogens with one attached hydrogen (secondary N) is 5. The zero-order valence-electron chi connectivity index (χ0n) is 28.3. The minimum absolute atomic E-state index is 0.0185. The molecule has 0 spiro atoms. The number of imidazole rings is 1. The number of nitrogens with two attached hydrogens (primary N) is 1. The molecule has 0 unspecified atom stereocenters. The van der Waals surface area contributed by atoms with Crippen molar-refractivity contribution in [1.82, 2.24) is 31.2 Å². The fourth-order valence-corrected chi connectivity index (χ4v) is 5.10. The van der Waals surface area contributed by atoms with Crippen molar-refractivity contribution in [3.63, 3.8) is 0 Å². The van der Waals surface area contributed by atoms with E-state index in [1.807, 2.05) is 31.2 Å². The number of alkyl carbamates (subject to hydrolysis) is 1. The molecular weight excluding hydrogens is 654 g/mol. The van der Waals surface area contributed by atoms with Gasteiger partial charge in [0.15, 0.2) is 0 Å². The van der Waals surface area contributed by atoms with Gasteiger partial charge >= 0.3 is 6.09 Å². The molecule has 4 aromatic rings. The van der Waals surface area contributed by atoms with Gasteiger partial charge in [0.2, 0.25) is 23.6 Å². The van der Waals surface area contributed by atoms with E-state index < -0.39 is 59.7 Å². The van der Waals surface area contributed by atoms with Crippen LogP contribution in [0.4, 0.5) is 4.79 Å². The van der Waals surface area contributed by atoms with Gasteiger partial charge in [-0.1, -0.05) is 87.0 Å². The Labute approximate surface area is 294 Å². The number of aromatic amines is 1. The van der Waals surface area contributed by atoms with E-state index in [-0.39, 0.29) is 30.6 Å². The Morgan fingerprint density at radius 2 is 1.39 bits per heavy atom. The van der Waals surface area contributed by atoms with Gasteiger partial charge in [-0.15, -0.1) is 0 Å². The van der Waals surface area contributed by atoms with Crippen LogP contribution in [-0.4, -0.2) is 63.7 Å². The molecule has 0 fully saturated rings. The van der Waals surface area contributed by atoms with Gasteiger partial charge in [-0.3, -0.25) is 29.3 Å². The number of hydrogen-bond acceptors (Lipinski definition) is 8. The number of imide groups is 1. The molecule has 14 nitrogen and oxygen atoms in total. The van der Waals surface area contributed by atoms with Gasteiger partial charge in [-0.05, 0) is 35.2 Å². The highest BCUT2D eigenvalue weighted by molar-refractivity contribution is 6.08. The molecule has 14 heteroatoms. The molecule has 0 saturated heterocycles. The monoisotopic (exact) mass is 695 g/mol. The van der Waals surface area contributed by atoms with Crippen molar-refractivity contribution >= 4 is 35.6 Å². The molecule has 266 valence electrons. The van der Waals surface area contributed by atoms with Crippen LogP contribution in [0.2, 0.25) is 0 Å². The number of ether oxygens (including phenoxy) is 1. The maximum Gasteiger partial charge on any atom is 0.408 e. The van der Waals surface area contributed by atoms with Crippen LogP contribution in [0.25, 0.3) is 0 Å². The summed E-state index contributed by atoms with van der Waals surface area (Å²) in [5, 5.41) is 10.3. The highest BCUT2D eigenvalue weighted by atomic mass is 16.5. The third-order valence-electron chi connectivity index (χ3n) is 8.16. The number of benzene rings is 3. The highest BCUT2D eigenvalue weighted by Crippen LogP contribution is 2.12. The van der Waals surface area contributed by atoms with E-state index in [0.29, 0.717) is 12.1 Å². The molecule has 4 atom stereocenters. The molecule has 6 amide bonds. The molecule has 7 N–H and O–H groups in total. The lowest BCUT2D eigenvalue weighted by Gasteiger charge is -2.27. The number of H-pyrrole nitrogens is 1. The molecule has 3 aromatic carbocycles. The van der Waals surface area contributed by atoms with E-state index in [2.05, 4.69) is 31.2 Å². The van der Waals surface area contributed by atoms with E-state index in [4.69, 9.17) is 10.5 Å². The third-order valence-corrected chi connectivity index (χ3v) is 8.16. The van der Waals surface area contributed by atoms with E-state index in [0.717, 1.165) is 11.1 Å². The smallest absolute Gasteiger partial charge is 0.408 e. The molecule has 0 bridgehead atoms. The number of carbonyl (C=O) groups is 6. The third kappa shape index (κ3) is 11.4. The summed E-state index contributed by atoms with van der Waals surface area (Å²) in [7, 11) is 0. The van der Waals surface area contributed by atoms with E-state index in [9.17, 15) is 28.8 Å². The highest BCUT2D eigenvalue weighted by Gasteiger charge is 2.33. The Morgan fingerprint density at radius 1 is 0.765 bits per heavy atom. The second-order valence-electron chi connectivity index (χ2n) is 11.9. The summed E-state index contributed by atoms with van der Waals surface area (Å²) in [6.07, 6.45) is 2.58. The molecule has 1 aromatic heterocycles. The number of amides is 6. The second kappa shape index (κ2) is 18.5. The second-order valence-corrected chi connectivity index (χ2v) is 11.9. The predicted octanol–water partition coefficient (Wildman–Crippen LogP) is 2.56. The molecule has 51 heavy (non-hydrogen) atoms. The fourth-order valence-electron chi connectivity index (χ4n) is 5.10. The van der Waals surface area contributed by atoms with Crippen molar-refractivity contribution in [3.8, 4) is 0 Å². The van der Waals surface area contributed by atoms with Crippen LogP contribution in [0.5, 0.6) is 0 Å². The number of aromatic nitrogens is 2. The molecule has 0 saturated carbocycles. The van der Waals surface area contributed by atoms with Gasteiger partial charge in [-0.25, -0.2) is 9.78 Å². The van der Waals surface area contributed by atoms with Crippen LogP contribution >= 0.6 is 0 Å². The predicted molar refractivity (Wildman–Crippen MR) is 187 cm³/mol. The van der Waals surface area contributed by atoms with Crippen LogP contribution < -0.4 is 27.0 Å². The molecule has 0 radical (unpaired) electrons. The van der Waals surface area contributed by atoms with Crippen molar-refractivity contribution in [2.24, 2.45) is 11.7 Å². The van der Waals surface area contributed by atoms with E-state index in [1.165, 1.54) is 36.8 Å². The standard InChI is InChI=1S/C37H41N7O7/c1-3-23(2)31(36(49)44-33(46)27-16-10-15-26(18-27)32(38)45)43-35(48)30(19-28-20-39-22-40-28)41-34(47)29(17-24-11-6-4-7-12-24)42-37(50)51-21-25-13-8-5-9-14-25/h4-16,18,20,22-23,29-31H,3,17,19,21H2,1-2H3,(H2,38,45)(H,39,40)(H,41,47)(H,42,50)(H,43,48)(H,44,46,49)/t23-,29-,30-,31-/m0/s1. The van der Waals surface area contributed by atoms with Gasteiger partial charge in [0.1, 0.15) is 24.7 Å². The first-order valence-corrected chi connectivity index (χ1v) is 16.4. The first kappa shape index (κ1) is 37.5. The summed E-state index contributed by atoms with van der Waals surface area (Å²) < 4.78 is 5.37. The Hall–Kier alpha value is -6.31. The van der Waals surface area contributed by atoms with Gasteiger partial charge in [-0.2, -0.15) is 0 Å². The number of carbonyl (C=O) groups excluding carboxylic acids is 6. The topological polar surface area (TPSA) is 214 Å². The molecule has 4 rings (SSSR count). The van der Waals surface area contributed by atoms with Crippen LogP contribution in [-0.2, 0) is 38.6 Å². The summed E-state index contributed by atoms with van der Waals surface area (Å²) in [6, 6.07) is 20.1. The number of primary amides is 1. The first-order valence-electron chi connectivity index (χ1n) is 16.4. The van der Waals surface area contributed by atoms with Crippen molar-refractivity contribution in [2.75, 3.05) is 0 Å². The lowest BCUT2D eigenvalue weighted by atomic mass is 9.97. The maximum absolute atomic E-state index is 13.9. The van der Waals surface area contributed by atoms with Gasteiger partial charge in [0.05, 0.1) is 6.33 Å². The van der Waals surface area contributed by atoms with Crippen molar-refractivity contribution in [3.05, 3.63) is 125 Å². The van der Waals surface area contributed by atoms with Gasteiger partial charge in [0.25, 0.3) is 5.91 Å². The summed E-state index contributed by atoms with van der Waals surface area (Å²) >= 11 is 0. The quantitative estimate of drug-likeness (QED) is 0.102. The number of nitrogens with zero attached hydrogens (tertiary/aromatic N) is 1. The van der Waals surface area contributed by atoms with Crippen LogP contribution in [0, 0.1) is 5.92 Å². The summed E-state index contributed by atoms with van der Waals surface area (Å²) in [5.41, 5.74) is 7.45. The molecule has 0 aliphatic heterocycles. The Bertz CT molecular complexity index is 1800. The summed E-state index contributed by atoms with van der Waals surface area (Å²) in [6.45, 7) is 3.53. The van der Waals surface area contributed by atoms with Crippen molar-refractivity contribution in [1.29, 1.82) is 0 Å². The average molecular weight is 696 g/mol. The zero-order valence-corrected chi connectivity index (χ0v) is 28.3. The van der Waals surface area contributed by atoms with Crippen LogP contribution in [0.3, 0.4) is 0 Å². The maximum atomic E-state index is 13.9. The average Bonchev–Trinajstić information content (AvgIpc) is 3.66. The summed E-state index contributed by atoms with van der Waals surface area (Å²) in [4.78, 5) is 85.5. The summed E-state index contributed by atoms with van der Waals surface area (Å²) in [5.74, 6) is -4.15. The Morgan fingerprint density at radius 3 is 2.02 bits per heavy atom. The lowest BCUT2D eigenvalue weighted by molar-refractivity contribution is -0.133. The van der Waals surface area contributed by atoms with Crippen molar-refractivity contribution in [2.45, 2.75) is 57.8 Å². The molecule has 0 aliphatic rings. The van der Waals surface area contributed by atoms with Crippen molar-refractivity contribution < 1.29 is 33.5 Å². The fraction of sp³-hybridized carbons (Fsp3) is 0.270. The Balaban J connectivity index is 1.52. The number of hydrogen-bond donors (Lipinski definition) is 6. The minimum Gasteiger partial charge on any atom is -0.445 e. The first-order chi connectivity index (χ1) is 24.5. The van der Waals surface area contributed by atoms with Crippen LogP contribution in [0.1, 0.15) is 57.8 Å².